The predicted octanol–water partition coefficient (Wildman–Crippen LogP) is 3.48. The molecule has 2 aromatic heterocycles. The average molecular weight is 351 g/mol. The van der Waals surface area contributed by atoms with Crippen LogP contribution in [0.5, 0.6) is 0 Å². The Balaban J connectivity index is 1.85. The Bertz CT molecular complexity index is 790. The molecule has 0 saturated carbocycles. The zero-order chi connectivity index (χ0) is 16.0. The summed E-state index contributed by atoms with van der Waals surface area (Å²) < 4.78 is 7.59. The molecule has 0 spiro atoms. The van der Waals surface area contributed by atoms with E-state index in [0.29, 0.717) is 12.5 Å². The lowest BCUT2D eigenvalue weighted by Crippen LogP contribution is -2.29. The third-order valence-electron chi connectivity index (χ3n) is 4.97. The Labute approximate surface area is 144 Å². The van der Waals surface area contributed by atoms with E-state index >= 15 is 0 Å². The van der Waals surface area contributed by atoms with E-state index in [0.717, 1.165) is 47.7 Å². The Morgan fingerprint density at radius 2 is 2.30 bits per heavy atom. The highest BCUT2D eigenvalue weighted by atomic mass is 32.2. The molecule has 0 radical (unpaired) electrons. The fourth-order valence-corrected chi connectivity index (χ4v) is 5.70. The molecule has 23 heavy (non-hydrogen) atoms. The van der Waals surface area contributed by atoms with Gasteiger partial charge >= 0.3 is 0 Å². The minimum atomic E-state index is 0.141. The number of aromatic nitrogens is 2. The standard InChI is InChI=1S/C17H22N2O2S2/c1-10-5-6-12-13(8-10)23-15-14(12)16(20)19(17(18-15)22-2)9-11-4-3-7-21-11/h10-11H,3-9H2,1-2H3/t10-,11+/m0/s1. The minimum absolute atomic E-state index is 0.141. The lowest BCUT2D eigenvalue weighted by atomic mass is 9.89. The van der Waals surface area contributed by atoms with Crippen molar-refractivity contribution in [1.29, 1.82) is 0 Å². The summed E-state index contributed by atoms with van der Waals surface area (Å²) in [6.07, 6.45) is 7.57. The molecular weight excluding hydrogens is 328 g/mol. The summed E-state index contributed by atoms with van der Waals surface area (Å²) in [4.78, 5) is 20.3. The van der Waals surface area contributed by atoms with E-state index in [2.05, 4.69) is 6.92 Å². The first-order chi connectivity index (χ1) is 11.2. The van der Waals surface area contributed by atoms with E-state index < -0.39 is 0 Å². The molecule has 0 N–H and O–H groups in total. The maximum Gasteiger partial charge on any atom is 0.263 e. The van der Waals surface area contributed by atoms with E-state index in [-0.39, 0.29) is 11.7 Å². The van der Waals surface area contributed by atoms with E-state index in [4.69, 9.17) is 9.72 Å². The molecule has 2 aromatic rings. The zero-order valence-corrected chi connectivity index (χ0v) is 15.3. The number of thioether (sulfide) groups is 1. The van der Waals surface area contributed by atoms with Crippen molar-refractivity contribution in [3.63, 3.8) is 0 Å². The van der Waals surface area contributed by atoms with Crippen molar-refractivity contribution >= 4 is 33.3 Å². The third-order valence-corrected chi connectivity index (χ3v) is 6.80. The van der Waals surface area contributed by atoms with Gasteiger partial charge in [-0.25, -0.2) is 4.98 Å². The number of hydrogen-bond donors (Lipinski definition) is 0. The topological polar surface area (TPSA) is 44.1 Å². The molecule has 124 valence electrons. The molecule has 1 aliphatic carbocycles. The number of fused-ring (bicyclic) bond motifs is 3. The molecule has 6 heteroatoms. The maximum atomic E-state index is 13.2. The van der Waals surface area contributed by atoms with Gasteiger partial charge in [-0.05, 0) is 49.8 Å². The van der Waals surface area contributed by atoms with Gasteiger partial charge in [-0.3, -0.25) is 9.36 Å². The van der Waals surface area contributed by atoms with E-state index in [1.165, 1.54) is 16.9 Å². The van der Waals surface area contributed by atoms with Gasteiger partial charge in [0.2, 0.25) is 0 Å². The van der Waals surface area contributed by atoms with Crippen LogP contribution in [0.25, 0.3) is 10.2 Å². The van der Waals surface area contributed by atoms with Crippen molar-refractivity contribution in [2.45, 2.75) is 56.8 Å². The molecule has 0 aromatic carbocycles. The largest absolute Gasteiger partial charge is 0.376 e. The Hall–Kier alpha value is -0.850. The van der Waals surface area contributed by atoms with Crippen LogP contribution in [-0.4, -0.2) is 28.5 Å². The van der Waals surface area contributed by atoms with E-state index in [1.54, 1.807) is 23.1 Å². The molecule has 4 nitrogen and oxygen atoms in total. The normalized spacial score (nSPS) is 24.3. The van der Waals surface area contributed by atoms with Crippen LogP contribution in [0.1, 0.15) is 36.6 Å². The summed E-state index contributed by atoms with van der Waals surface area (Å²) in [5.74, 6) is 0.713. The zero-order valence-electron chi connectivity index (χ0n) is 13.6. The Kier molecular flexibility index (Phi) is 4.24. The number of aryl methyl sites for hydroxylation is 1. The van der Waals surface area contributed by atoms with Crippen LogP contribution in [0.3, 0.4) is 0 Å². The monoisotopic (exact) mass is 350 g/mol. The molecule has 0 bridgehead atoms. The van der Waals surface area contributed by atoms with Gasteiger partial charge in [0.05, 0.1) is 18.0 Å². The molecule has 1 aliphatic heterocycles. The fraction of sp³-hybridized carbons (Fsp3) is 0.647. The number of hydrogen-bond acceptors (Lipinski definition) is 5. The van der Waals surface area contributed by atoms with Gasteiger partial charge in [0.15, 0.2) is 5.16 Å². The molecule has 1 fully saturated rings. The highest BCUT2D eigenvalue weighted by Crippen LogP contribution is 2.36. The second kappa shape index (κ2) is 6.22. The molecule has 4 rings (SSSR count). The quantitative estimate of drug-likeness (QED) is 0.628. The number of rotatable bonds is 3. The molecular formula is C17H22N2O2S2. The Morgan fingerprint density at radius 1 is 1.43 bits per heavy atom. The third kappa shape index (κ3) is 2.75. The van der Waals surface area contributed by atoms with Crippen LogP contribution in [0.15, 0.2) is 9.95 Å². The van der Waals surface area contributed by atoms with Crippen molar-refractivity contribution in [1.82, 2.24) is 9.55 Å². The summed E-state index contributed by atoms with van der Waals surface area (Å²) in [7, 11) is 0. The molecule has 2 atom stereocenters. The second-order valence-corrected chi connectivity index (χ2v) is 8.54. The minimum Gasteiger partial charge on any atom is -0.376 e. The molecule has 2 aliphatic rings. The van der Waals surface area contributed by atoms with Gasteiger partial charge in [-0.2, -0.15) is 0 Å². The Morgan fingerprint density at radius 3 is 3.04 bits per heavy atom. The number of ether oxygens (including phenoxy) is 1. The molecule has 3 heterocycles. The van der Waals surface area contributed by atoms with Crippen LogP contribution in [0, 0.1) is 5.92 Å². The van der Waals surface area contributed by atoms with Crippen molar-refractivity contribution in [3.8, 4) is 0 Å². The highest BCUT2D eigenvalue weighted by molar-refractivity contribution is 7.98. The smallest absolute Gasteiger partial charge is 0.263 e. The predicted molar refractivity (Wildman–Crippen MR) is 95.8 cm³/mol. The first-order valence-electron chi connectivity index (χ1n) is 8.38. The van der Waals surface area contributed by atoms with E-state index in [1.807, 2.05) is 10.8 Å². The maximum absolute atomic E-state index is 13.2. The molecule has 1 saturated heterocycles. The first kappa shape index (κ1) is 15.7. The van der Waals surface area contributed by atoms with Gasteiger partial charge in [0.25, 0.3) is 5.56 Å². The van der Waals surface area contributed by atoms with Gasteiger partial charge < -0.3 is 4.74 Å². The molecule has 0 amide bonds. The van der Waals surface area contributed by atoms with Crippen LogP contribution in [0.2, 0.25) is 0 Å². The number of thiophene rings is 1. The van der Waals surface area contributed by atoms with Crippen LogP contribution in [0.4, 0.5) is 0 Å². The average Bonchev–Trinajstić information content (AvgIpc) is 3.16. The second-order valence-electron chi connectivity index (χ2n) is 6.68. The van der Waals surface area contributed by atoms with Gasteiger partial charge in [-0.1, -0.05) is 18.7 Å². The summed E-state index contributed by atoms with van der Waals surface area (Å²) in [5.41, 5.74) is 1.41. The first-order valence-corrected chi connectivity index (χ1v) is 10.4. The van der Waals surface area contributed by atoms with Gasteiger partial charge in [-0.15, -0.1) is 11.3 Å². The fourth-order valence-electron chi connectivity index (χ4n) is 3.71. The summed E-state index contributed by atoms with van der Waals surface area (Å²) >= 11 is 3.29. The van der Waals surface area contributed by atoms with Crippen molar-refractivity contribution < 1.29 is 4.74 Å². The lowest BCUT2D eigenvalue weighted by Gasteiger charge is -2.18. The van der Waals surface area contributed by atoms with Crippen molar-refractivity contribution in [3.05, 3.63) is 20.8 Å². The SMILES string of the molecule is CSc1nc2sc3c(c2c(=O)n1C[C@H]1CCCO1)CC[C@H](C)C3. The van der Waals surface area contributed by atoms with Crippen LogP contribution >= 0.6 is 23.1 Å². The summed E-state index contributed by atoms with van der Waals surface area (Å²) in [6, 6.07) is 0. The summed E-state index contributed by atoms with van der Waals surface area (Å²) in [5, 5.41) is 1.71. The highest BCUT2D eigenvalue weighted by Gasteiger charge is 2.26. The van der Waals surface area contributed by atoms with Crippen LogP contribution in [-0.2, 0) is 24.1 Å². The van der Waals surface area contributed by atoms with Crippen LogP contribution < -0.4 is 5.56 Å². The van der Waals surface area contributed by atoms with Crippen molar-refractivity contribution in [2.75, 3.05) is 12.9 Å². The summed E-state index contributed by atoms with van der Waals surface area (Å²) in [6.45, 7) is 3.75. The number of nitrogens with zero attached hydrogens (tertiary/aromatic N) is 2. The van der Waals surface area contributed by atoms with Gasteiger partial charge in [0, 0.05) is 11.5 Å². The van der Waals surface area contributed by atoms with Crippen molar-refractivity contribution in [2.24, 2.45) is 5.92 Å². The molecule has 0 unspecified atom stereocenters. The van der Waals surface area contributed by atoms with Gasteiger partial charge in [0.1, 0.15) is 4.83 Å². The lowest BCUT2D eigenvalue weighted by molar-refractivity contribution is 0.0937. The van der Waals surface area contributed by atoms with E-state index in [9.17, 15) is 4.79 Å².